The van der Waals surface area contributed by atoms with Crippen molar-refractivity contribution in [1.82, 2.24) is 0 Å². The van der Waals surface area contributed by atoms with E-state index in [9.17, 15) is 4.79 Å². The summed E-state index contributed by atoms with van der Waals surface area (Å²) in [6.07, 6.45) is 1.79. The van der Waals surface area contributed by atoms with Gasteiger partial charge in [0, 0.05) is 10.8 Å². The Morgan fingerprint density at radius 2 is 1.82 bits per heavy atom. The third-order valence-corrected chi connectivity index (χ3v) is 5.31. The van der Waals surface area contributed by atoms with Gasteiger partial charge in [-0.15, -0.1) is 0 Å². The second-order valence-corrected chi connectivity index (χ2v) is 7.24. The van der Waals surface area contributed by atoms with Crippen LogP contribution >= 0.6 is 35.1 Å². The molecule has 0 saturated heterocycles. The number of hydrogen-bond acceptors (Lipinski definition) is 4. The number of carbonyl (C=O) groups is 1. The number of carbonyl (C=O) groups excluding carboxylic acids is 1. The summed E-state index contributed by atoms with van der Waals surface area (Å²) < 4.78 is 0.800. The number of halogens is 1. The van der Waals surface area contributed by atoms with Gasteiger partial charge in [-0.2, -0.15) is 0 Å². The normalized spacial score (nSPS) is 16.1. The second kappa shape index (κ2) is 7.18. The zero-order chi connectivity index (χ0) is 15.4. The molecule has 1 aliphatic rings. The number of rotatable bonds is 3. The summed E-state index contributed by atoms with van der Waals surface area (Å²) in [5.74, 6) is 0.814. The quantitative estimate of drug-likeness (QED) is 0.712. The van der Waals surface area contributed by atoms with Crippen molar-refractivity contribution in [3.05, 3.63) is 76.4 Å². The second-order valence-electron chi connectivity index (χ2n) is 4.62. The number of thioether (sulfide) groups is 2. The summed E-state index contributed by atoms with van der Waals surface area (Å²) in [5, 5.41) is 0.669. The molecule has 1 aliphatic heterocycles. The Hall–Kier alpha value is -1.49. The highest BCUT2D eigenvalue weighted by molar-refractivity contribution is 8.45. The van der Waals surface area contributed by atoms with Crippen LogP contribution in [-0.2, 0) is 10.5 Å². The average molecular weight is 346 g/mol. The van der Waals surface area contributed by atoms with Crippen LogP contribution in [0.3, 0.4) is 0 Å². The minimum absolute atomic E-state index is 0.00879. The summed E-state index contributed by atoms with van der Waals surface area (Å²) in [6.45, 7) is 0. The Kier molecular flexibility index (Phi) is 5.03. The summed E-state index contributed by atoms with van der Waals surface area (Å²) in [7, 11) is 0. The molecule has 0 spiro atoms. The molecule has 0 aliphatic carbocycles. The Balaban J connectivity index is 1.70. The Bertz CT molecular complexity index is 739. The van der Waals surface area contributed by atoms with Crippen molar-refractivity contribution in [1.29, 1.82) is 0 Å². The van der Waals surface area contributed by atoms with E-state index in [0.29, 0.717) is 10.7 Å². The van der Waals surface area contributed by atoms with Crippen molar-refractivity contribution >= 4 is 50.7 Å². The van der Waals surface area contributed by atoms with E-state index in [1.165, 1.54) is 17.3 Å². The first kappa shape index (κ1) is 15.4. The molecule has 0 aromatic heterocycles. The summed E-state index contributed by atoms with van der Waals surface area (Å²) in [4.78, 5) is 16.4. The smallest absolute Gasteiger partial charge is 0.244 e. The molecule has 0 unspecified atom stereocenters. The van der Waals surface area contributed by atoms with E-state index < -0.39 is 0 Å². The molecule has 5 heteroatoms. The van der Waals surface area contributed by atoms with Crippen LogP contribution in [0.5, 0.6) is 0 Å². The maximum absolute atomic E-state index is 12.0. The fraction of sp³-hybridized carbons (Fsp3) is 0.0588. The molecule has 2 aromatic carbocycles. The van der Waals surface area contributed by atoms with Crippen molar-refractivity contribution in [2.24, 2.45) is 4.99 Å². The predicted molar refractivity (Wildman–Crippen MR) is 97.2 cm³/mol. The van der Waals surface area contributed by atoms with E-state index in [-0.39, 0.29) is 5.12 Å². The fourth-order valence-electron chi connectivity index (χ4n) is 1.89. The van der Waals surface area contributed by atoms with Gasteiger partial charge in [0.1, 0.15) is 10.1 Å². The average Bonchev–Trinajstić information content (AvgIpc) is 2.89. The van der Waals surface area contributed by atoms with Gasteiger partial charge in [-0.05, 0) is 41.1 Å². The van der Waals surface area contributed by atoms with E-state index in [1.807, 2.05) is 30.3 Å². The standard InChI is InChI=1S/C17H12ClNOS2/c18-14-8-6-12(7-9-14)10-15-16(20)22-17(19-15)21-11-13-4-2-1-3-5-13/h1-10H,11H2. The van der Waals surface area contributed by atoms with Gasteiger partial charge >= 0.3 is 0 Å². The Morgan fingerprint density at radius 3 is 2.55 bits per heavy atom. The first-order chi connectivity index (χ1) is 10.7. The third-order valence-electron chi connectivity index (χ3n) is 2.98. The minimum Gasteiger partial charge on any atom is -0.279 e. The van der Waals surface area contributed by atoms with E-state index in [2.05, 4.69) is 17.1 Å². The van der Waals surface area contributed by atoms with E-state index in [0.717, 1.165) is 15.7 Å². The van der Waals surface area contributed by atoms with Gasteiger partial charge in [-0.25, -0.2) is 4.99 Å². The highest BCUT2D eigenvalue weighted by atomic mass is 35.5. The van der Waals surface area contributed by atoms with Crippen LogP contribution in [0.1, 0.15) is 11.1 Å². The van der Waals surface area contributed by atoms with Crippen molar-refractivity contribution in [3.63, 3.8) is 0 Å². The maximum Gasteiger partial charge on any atom is 0.244 e. The molecule has 22 heavy (non-hydrogen) atoms. The van der Waals surface area contributed by atoms with Crippen molar-refractivity contribution < 1.29 is 4.79 Å². The van der Waals surface area contributed by atoms with E-state index in [1.54, 1.807) is 30.0 Å². The molecule has 0 radical (unpaired) electrons. The zero-order valence-corrected chi connectivity index (χ0v) is 13.9. The van der Waals surface area contributed by atoms with Crippen LogP contribution in [0.15, 0.2) is 65.3 Å². The lowest BCUT2D eigenvalue weighted by atomic mass is 10.2. The molecule has 0 bridgehead atoms. The van der Waals surface area contributed by atoms with Crippen molar-refractivity contribution in [3.8, 4) is 0 Å². The largest absolute Gasteiger partial charge is 0.279 e. The first-order valence-corrected chi connectivity index (χ1v) is 8.83. The van der Waals surface area contributed by atoms with Gasteiger partial charge in [-0.3, -0.25) is 4.79 Å². The number of hydrogen-bond donors (Lipinski definition) is 0. The van der Waals surface area contributed by atoms with Crippen molar-refractivity contribution in [2.45, 2.75) is 5.75 Å². The molecule has 0 amide bonds. The fourth-order valence-corrected chi connectivity index (χ4v) is 3.81. The number of benzene rings is 2. The molecule has 110 valence electrons. The van der Waals surface area contributed by atoms with Gasteiger partial charge in [-0.1, -0.05) is 65.8 Å². The Labute approximate surface area is 142 Å². The van der Waals surface area contributed by atoms with Gasteiger partial charge in [0.25, 0.3) is 0 Å². The van der Waals surface area contributed by atoms with Gasteiger partial charge in [0.05, 0.1) is 0 Å². The molecular weight excluding hydrogens is 334 g/mol. The van der Waals surface area contributed by atoms with Crippen LogP contribution in [0.2, 0.25) is 5.02 Å². The minimum atomic E-state index is -0.00879. The molecule has 2 nitrogen and oxygen atoms in total. The molecular formula is C17H12ClNOS2. The van der Waals surface area contributed by atoms with Gasteiger partial charge < -0.3 is 0 Å². The van der Waals surface area contributed by atoms with Crippen LogP contribution in [0, 0.1) is 0 Å². The molecule has 1 heterocycles. The predicted octanol–water partition coefficient (Wildman–Crippen LogP) is 5.24. The summed E-state index contributed by atoms with van der Waals surface area (Å²) >= 11 is 8.64. The van der Waals surface area contributed by atoms with Crippen LogP contribution in [0.25, 0.3) is 6.08 Å². The topological polar surface area (TPSA) is 29.4 Å². The monoisotopic (exact) mass is 345 g/mol. The zero-order valence-electron chi connectivity index (χ0n) is 11.5. The Morgan fingerprint density at radius 1 is 1.09 bits per heavy atom. The van der Waals surface area contributed by atoms with Crippen LogP contribution in [-0.4, -0.2) is 9.49 Å². The SMILES string of the molecule is O=C1SC(SCc2ccccc2)=NC1=Cc1ccc(Cl)cc1. The van der Waals surface area contributed by atoms with Crippen LogP contribution in [0.4, 0.5) is 0 Å². The highest BCUT2D eigenvalue weighted by Crippen LogP contribution is 2.32. The van der Waals surface area contributed by atoms with Gasteiger partial charge in [0.15, 0.2) is 0 Å². The third kappa shape index (κ3) is 4.03. The maximum atomic E-state index is 12.0. The molecule has 3 rings (SSSR count). The number of nitrogens with zero attached hydrogens (tertiary/aromatic N) is 1. The lowest BCUT2D eigenvalue weighted by molar-refractivity contribution is -0.107. The summed E-state index contributed by atoms with van der Waals surface area (Å²) in [5.41, 5.74) is 2.63. The van der Waals surface area contributed by atoms with Crippen molar-refractivity contribution in [2.75, 3.05) is 0 Å². The molecule has 0 fully saturated rings. The van der Waals surface area contributed by atoms with E-state index in [4.69, 9.17) is 11.6 Å². The molecule has 2 aromatic rings. The van der Waals surface area contributed by atoms with E-state index >= 15 is 0 Å². The summed E-state index contributed by atoms with van der Waals surface area (Å²) in [6, 6.07) is 17.5. The highest BCUT2D eigenvalue weighted by Gasteiger charge is 2.22. The molecule has 0 saturated carbocycles. The lowest BCUT2D eigenvalue weighted by Crippen LogP contribution is -1.88. The van der Waals surface area contributed by atoms with Crippen LogP contribution < -0.4 is 0 Å². The number of aliphatic imine (C=N–C) groups is 1. The van der Waals surface area contributed by atoms with Gasteiger partial charge in [0.2, 0.25) is 5.12 Å². The first-order valence-electron chi connectivity index (χ1n) is 6.65. The lowest BCUT2D eigenvalue weighted by Gasteiger charge is -1.98. The molecule has 0 N–H and O–H groups in total. The molecule has 0 atom stereocenters.